The van der Waals surface area contributed by atoms with E-state index in [1.165, 1.54) is 17.7 Å². The molecule has 6 heteroatoms. The van der Waals surface area contributed by atoms with Crippen LogP contribution in [-0.2, 0) is 10.2 Å². The van der Waals surface area contributed by atoms with Crippen LogP contribution in [0.5, 0.6) is 0 Å². The lowest BCUT2D eigenvalue weighted by atomic mass is 9.90. The molecule has 0 saturated heterocycles. The van der Waals surface area contributed by atoms with Gasteiger partial charge in [0.2, 0.25) is 11.9 Å². The van der Waals surface area contributed by atoms with Crippen LogP contribution in [0.4, 0.5) is 10.2 Å². The lowest BCUT2D eigenvalue weighted by Gasteiger charge is -2.15. The van der Waals surface area contributed by atoms with Gasteiger partial charge in [0.1, 0.15) is 11.6 Å². The summed E-state index contributed by atoms with van der Waals surface area (Å²) in [5.41, 5.74) is 3.33. The van der Waals surface area contributed by atoms with Crippen molar-refractivity contribution < 1.29 is 9.18 Å². The number of halogens is 1. The average Bonchev–Trinajstić information content (AvgIpc) is 3.49. The van der Waals surface area contributed by atoms with E-state index in [2.05, 4.69) is 39.3 Å². The van der Waals surface area contributed by atoms with Crippen LogP contribution in [0.3, 0.4) is 0 Å². The van der Waals surface area contributed by atoms with Crippen LogP contribution < -0.4 is 5.32 Å². The third-order valence-electron chi connectivity index (χ3n) is 5.68. The fourth-order valence-electron chi connectivity index (χ4n) is 3.67. The molecule has 1 aliphatic carbocycles. The summed E-state index contributed by atoms with van der Waals surface area (Å²) in [6, 6.07) is 14.5. The van der Waals surface area contributed by atoms with Crippen molar-refractivity contribution in [1.29, 1.82) is 0 Å². The Balaban J connectivity index is 0.000000239. The molecule has 1 unspecified atom stereocenters. The highest BCUT2D eigenvalue weighted by Gasteiger charge is 2.57. The number of carbonyl (C=O) groups excluding carboxylic acids is 1. The number of hydrogen-bond donors (Lipinski definition) is 1. The van der Waals surface area contributed by atoms with Gasteiger partial charge in [-0.05, 0) is 56.9 Å². The minimum atomic E-state index is -0.589. The maximum Gasteiger partial charge on any atom is 0.229 e. The number of carbonyl (C=O) groups is 1. The maximum absolute atomic E-state index is 13.1. The van der Waals surface area contributed by atoms with Crippen molar-refractivity contribution in [2.24, 2.45) is 5.92 Å². The molecule has 1 N–H and O–H groups in total. The number of nitrogens with zero attached hydrogens (tertiary/aromatic N) is 3. The van der Waals surface area contributed by atoms with E-state index in [9.17, 15) is 9.18 Å². The predicted molar refractivity (Wildman–Crippen MR) is 116 cm³/mol. The number of anilines is 1. The second-order valence-electron chi connectivity index (χ2n) is 7.65. The quantitative estimate of drug-likeness (QED) is 0.624. The summed E-state index contributed by atoms with van der Waals surface area (Å²) in [5.74, 6) is 0.366. The summed E-state index contributed by atoms with van der Waals surface area (Å²) < 4.78 is 13.1. The lowest BCUT2D eigenvalue weighted by molar-refractivity contribution is -0.117. The van der Waals surface area contributed by atoms with Crippen LogP contribution in [0.25, 0.3) is 0 Å². The Labute approximate surface area is 176 Å². The number of nitrogens with one attached hydrogen (secondary N) is 1. The first-order valence-electron chi connectivity index (χ1n) is 10.1. The molecule has 5 nitrogen and oxygen atoms in total. The molecule has 2 atom stereocenters. The Bertz CT molecular complexity index is 1020. The van der Waals surface area contributed by atoms with Gasteiger partial charge in [-0.25, -0.2) is 15.0 Å². The Morgan fingerprint density at radius 3 is 2.43 bits per heavy atom. The van der Waals surface area contributed by atoms with Crippen molar-refractivity contribution in [3.8, 4) is 0 Å². The SMILES string of the molecule is CC[C@@]1(c2ccccc2)CC1C(=O)Nc1cccc(F)n1.Cc1ncc(C)c(C)n1. The van der Waals surface area contributed by atoms with Crippen molar-refractivity contribution >= 4 is 11.7 Å². The van der Waals surface area contributed by atoms with Gasteiger partial charge in [0.25, 0.3) is 0 Å². The second kappa shape index (κ2) is 9.11. The summed E-state index contributed by atoms with van der Waals surface area (Å²) in [7, 11) is 0. The molecule has 1 saturated carbocycles. The van der Waals surface area contributed by atoms with Crippen molar-refractivity contribution in [2.45, 2.75) is 46.0 Å². The predicted octanol–water partition coefficient (Wildman–Crippen LogP) is 4.93. The van der Waals surface area contributed by atoms with E-state index in [1.54, 1.807) is 6.07 Å². The molecule has 1 amide bonds. The van der Waals surface area contributed by atoms with Crippen LogP contribution in [0, 0.1) is 32.6 Å². The summed E-state index contributed by atoms with van der Waals surface area (Å²) in [6.45, 7) is 7.99. The monoisotopic (exact) mass is 406 g/mol. The number of rotatable bonds is 4. The molecule has 0 spiro atoms. The van der Waals surface area contributed by atoms with E-state index in [1.807, 2.05) is 45.2 Å². The summed E-state index contributed by atoms with van der Waals surface area (Å²) in [5, 5.41) is 2.71. The first-order valence-corrected chi connectivity index (χ1v) is 10.1. The number of hydrogen-bond acceptors (Lipinski definition) is 4. The number of benzene rings is 1. The summed E-state index contributed by atoms with van der Waals surface area (Å²) >= 11 is 0. The molecule has 0 radical (unpaired) electrons. The number of amides is 1. The molecule has 1 aliphatic rings. The molecule has 4 rings (SSSR count). The highest BCUT2D eigenvalue weighted by Crippen LogP contribution is 2.57. The van der Waals surface area contributed by atoms with E-state index in [0.29, 0.717) is 0 Å². The molecule has 1 aromatic carbocycles. The normalized spacial score (nSPS) is 19.4. The lowest BCUT2D eigenvalue weighted by Crippen LogP contribution is -2.21. The first kappa shape index (κ1) is 21.6. The molecule has 2 heterocycles. The van der Waals surface area contributed by atoms with Crippen LogP contribution >= 0.6 is 0 Å². The molecule has 3 aromatic rings. The Hall–Kier alpha value is -3.15. The highest BCUT2D eigenvalue weighted by molar-refractivity contribution is 5.95. The molecule has 2 aromatic heterocycles. The highest BCUT2D eigenvalue weighted by atomic mass is 19.1. The minimum absolute atomic E-state index is 0.0741. The van der Waals surface area contributed by atoms with Gasteiger partial charge in [-0.15, -0.1) is 0 Å². The molecule has 0 aliphatic heterocycles. The number of pyridine rings is 1. The fraction of sp³-hybridized carbons (Fsp3) is 0.333. The standard InChI is InChI=1S/C17H17FN2O.C7H10N2/c1-2-17(12-7-4-3-5-8-12)11-13(17)16(21)20-15-10-6-9-14(18)19-15;1-5-4-8-7(3)9-6(5)2/h3-10,13H,2,11H2,1H3,(H,19,20,21);4H,1-3H3/t13?,17-;/m0./s1. The van der Waals surface area contributed by atoms with Gasteiger partial charge in [0.05, 0.1) is 0 Å². The van der Waals surface area contributed by atoms with Crippen molar-refractivity contribution in [3.05, 3.63) is 83.3 Å². The smallest absolute Gasteiger partial charge is 0.229 e. The minimum Gasteiger partial charge on any atom is -0.310 e. The van der Waals surface area contributed by atoms with Gasteiger partial charge < -0.3 is 5.32 Å². The Morgan fingerprint density at radius 2 is 1.83 bits per heavy atom. The zero-order chi connectivity index (χ0) is 21.7. The third kappa shape index (κ3) is 4.87. The van der Waals surface area contributed by atoms with E-state index in [0.717, 1.165) is 29.9 Å². The van der Waals surface area contributed by atoms with Crippen LogP contribution in [0.1, 0.15) is 42.4 Å². The molecular formula is C24H27FN4O. The average molecular weight is 407 g/mol. The molecule has 1 fully saturated rings. The van der Waals surface area contributed by atoms with Crippen molar-refractivity contribution in [2.75, 3.05) is 5.32 Å². The van der Waals surface area contributed by atoms with E-state index >= 15 is 0 Å². The van der Waals surface area contributed by atoms with Gasteiger partial charge >= 0.3 is 0 Å². The zero-order valence-electron chi connectivity index (χ0n) is 17.8. The van der Waals surface area contributed by atoms with E-state index in [4.69, 9.17) is 0 Å². The van der Waals surface area contributed by atoms with Crippen molar-refractivity contribution in [3.63, 3.8) is 0 Å². The summed E-state index contributed by atoms with van der Waals surface area (Å²) in [4.78, 5) is 24.2. The van der Waals surface area contributed by atoms with Gasteiger partial charge in [-0.3, -0.25) is 4.79 Å². The van der Waals surface area contributed by atoms with E-state index < -0.39 is 5.95 Å². The first-order chi connectivity index (χ1) is 14.4. The Kier molecular flexibility index (Phi) is 6.55. The second-order valence-corrected chi connectivity index (χ2v) is 7.65. The zero-order valence-corrected chi connectivity index (χ0v) is 17.8. The topological polar surface area (TPSA) is 67.8 Å². The largest absolute Gasteiger partial charge is 0.310 e. The molecular weight excluding hydrogens is 379 g/mol. The molecule has 156 valence electrons. The van der Waals surface area contributed by atoms with Crippen molar-refractivity contribution in [1.82, 2.24) is 15.0 Å². The molecule has 30 heavy (non-hydrogen) atoms. The van der Waals surface area contributed by atoms with Gasteiger partial charge in [-0.1, -0.05) is 43.3 Å². The maximum atomic E-state index is 13.1. The van der Waals surface area contributed by atoms with Crippen LogP contribution in [-0.4, -0.2) is 20.9 Å². The number of aromatic nitrogens is 3. The third-order valence-corrected chi connectivity index (χ3v) is 5.68. The number of aryl methyl sites for hydroxylation is 3. The van der Waals surface area contributed by atoms with E-state index in [-0.39, 0.29) is 23.1 Å². The van der Waals surface area contributed by atoms with Crippen LogP contribution in [0.2, 0.25) is 0 Å². The fourth-order valence-corrected chi connectivity index (χ4v) is 3.67. The Morgan fingerprint density at radius 1 is 1.10 bits per heavy atom. The van der Waals surface area contributed by atoms with Crippen LogP contribution in [0.15, 0.2) is 54.7 Å². The van der Waals surface area contributed by atoms with Gasteiger partial charge in [0, 0.05) is 23.2 Å². The van der Waals surface area contributed by atoms with Gasteiger partial charge in [-0.2, -0.15) is 4.39 Å². The van der Waals surface area contributed by atoms with Gasteiger partial charge in [0.15, 0.2) is 0 Å². The molecule has 0 bridgehead atoms. The summed E-state index contributed by atoms with van der Waals surface area (Å²) in [6.07, 6.45) is 3.58.